The molecule has 12 heteroatoms. The molecule has 1 heterocycles. The van der Waals surface area contributed by atoms with Crippen molar-refractivity contribution in [3.8, 4) is 11.8 Å². The highest BCUT2D eigenvalue weighted by Gasteiger charge is 2.52. The number of hydrogen-bond donors (Lipinski definition) is 1. The number of halogens is 4. The van der Waals surface area contributed by atoms with E-state index in [1.807, 2.05) is 0 Å². The molecule has 1 aliphatic carbocycles. The van der Waals surface area contributed by atoms with E-state index >= 15 is 0 Å². The van der Waals surface area contributed by atoms with Crippen LogP contribution >= 0.6 is 12.2 Å². The van der Waals surface area contributed by atoms with Crippen LogP contribution in [0.2, 0.25) is 0 Å². The van der Waals surface area contributed by atoms with Crippen LogP contribution in [0.1, 0.15) is 37.8 Å². The van der Waals surface area contributed by atoms with Crippen LogP contribution in [-0.2, 0) is 15.8 Å². The van der Waals surface area contributed by atoms with E-state index in [-0.39, 0.29) is 28.8 Å². The van der Waals surface area contributed by atoms with Gasteiger partial charge >= 0.3 is 12.1 Å². The minimum absolute atomic E-state index is 0.148. The minimum atomic E-state index is -4.83. The van der Waals surface area contributed by atoms with Crippen LogP contribution in [0.25, 0.3) is 0 Å². The van der Waals surface area contributed by atoms with Crippen LogP contribution in [0.5, 0.6) is 5.75 Å². The zero-order chi connectivity index (χ0) is 26.6. The molecule has 1 saturated heterocycles. The monoisotopic (exact) mass is 521 g/mol. The van der Waals surface area contributed by atoms with Crippen molar-refractivity contribution in [2.75, 3.05) is 16.4 Å². The molecule has 2 aliphatic rings. The van der Waals surface area contributed by atoms with Crippen LogP contribution in [-0.4, -0.2) is 34.2 Å². The van der Waals surface area contributed by atoms with Crippen molar-refractivity contribution >= 4 is 40.6 Å². The number of ether oxygens (including phenoxy) is 1. The number of carboxylic acids is 1. The van der Waals surface area contributed by atoms with E-state index in [1.54, 1.807) is 0 Å². The molecule has 0 radical (unpaired) electrons. The van der Waals surface area contributed by atoms with Crippen LogP contribution < -0.4 is 14.5 Å². The van der Waals surface area contributed by atoms with E-state index in [1.165, 1.54) is 43.0 Å². The predicted molar refractivity (Wildman–Crippen MR) is 124 cm³/mol. The molecule has 2 aromatic rings. The first-order valence-corrected chi connectivity index (χ1v) is 11.1. The van der Waals surface area contributed by atoms with Crippen LogP contribution in [0.3, 0.4) is 0 Å². The number of carboxylic acid groups (broad SMARTS) is 1. The Balaban J connectivity index is 1.65. The van der Waals surface area contributed by atoms with E-state index in [0.717, 1.165) is 17.0 Å². The molecule has 0 aromatic heterocycles. The first-order chi connectivity index (χ1) is 16.7. The smallest absolute Gasteiger partial charge is 0.417 e. The average Bonchev–Trinajstić information content (AvgIpc) is 3.56. The number of alkyl halides is 3. The van der Waals surface area contributed by atoms with Crippen molar-refractivity contribution in [3.63, 3.8) is 0 Å². The van der Waals surface area contributed by atoms with Gasteiger partial charge in [-0.25, -0.2) is 4.39 Å². The molecule has 4 rings (SSSR count). The summed E-state index contributed by atoms with van der Waals surface area (Å²) in [5, 5.41) is 18.1. The largest absolute Gasteiger partial charge is 0.489 e. The van der Waals surface area contributed by atoms with Crippen LogP contribution in [0, 0.1) is 22.6 Å². The summed E-state index contributed by atoms with van der Waals surface area (Å²) < 4.78 is 60.7. The molecule has 1 amide bonds. The quantitative estimate of drug-likeness (QED) is 0.428. The highest BCUT2D eigenvalue weighted by atomic mass is 32.1. The van der Waals surface area contributed by atoms with Gasteiger partial charge in [0.1, 0.15) is 17.6 Å². The Bertz CT molecular complexity index is 1330. The number of nitriles is 1. The molecule has 1 aliphatic heterocycles. The normalized spacial score (nSPS) is 18.2. The van der Waals surface area contributed by atoms with Crippen molar-refractivity contribution < 1.29 is 37.0 Å². The van der Waals surface area contributed by atoms with Gasteiger partial charge in [-0.2, -0.15) is 18.4 Å². The van der Waals surface area contributed by atoms with Gasteiger partial charge < -0.3 is 14.7 Å². The van der Waals surface area contributed by atoms with Gasteiger partial charge in [0.15, 0.2) is 16.7 Å². The molecule has 36 heavy (non-hydrogen) atoms. The van der Waals surface area contributed by atoms with Gasteiger partial charge in [0.2, 0.25) is 0 Å². The second-order valence-electron chi connectivity index (χ2n) is 9.15. The van der Waals surface area contributed by atoms with Gasteiger partial charge in [-0.3, -0.25) is 14.5 Å². The van der Waals surface area contributed by atoms with Gasteiger partial charge in [-0.15, -0.1) is 0 Å². The number of anilines is 2. The molecule has 7 nitrogen and oxygen atoms in total. The van der Waals surface area contributed by atoms with Gasteiger partial charge in [0.05, 0.1) is 22.9 Å². The third kappa shape index (κ3) is 4.13. The van der Waals surface area contributed by atoms with Crippen molar-refractivity contribution in [1.29, 1.82) is 5.26 Å². The lowest BCUT2D eigenvalue weighted by molar-refractivity contribution is -0.144. The lowest BCUT2D eigenvalue weighted by Crippen LogP contribution is -2.44. The second-order valence-corrected chi connectivity index (χ2v) is 9.51. The number of benzene rings is 2. The third-order valence-electron chi connectivity index (χ3n) is 6.34. The van der Waals surface area contributed by atoms with Crippen LogP contribution in [0.4, 0.5) is 28.9 Å². The summed E-state index contributed by atoms with van der Waals surface area (Å²) in [5.41, 5.74) is -4.26. The average molecular weight is 521 g/mol. The zero-order valence-corrected chi connectivity index (χ0v) is 19.8. The fourth-order valence-electron chi connectivity index (χ4n) is 3.99. The number of carbonyl (C=O) groups is 2. The Hall–Kier alpha value is -3.72. The number of amides is 1. The Morgan fingerprint density at radius 1 is 1.19 bits per heavy atom. The van der Waals surface area contributed by atoms with Gasteiger partial charge in [-0.1, -0.05) is 0 Å². The van der Waals surface area contributed by atoms with Crippen molar-refractivity contribution in [2.24, 2.45) is 5.41 Å². The lowest BCUT2D eigenvalue weighted by Gasteiger charge is -2.29. The number of rotatable bonds is 6. The Morgan fingerprint density at radius 2 is 1.83 bits per heavy atom. The van der Waals surface area contributed by atoms with E-state index in [2.05, 4.69) is 0 Å². The molecule has 0 bridgehead atoms. The van der Waals surface area contributed by atoms with E-state index in [0.29, 0.717) is 18.9 Å². The second kappa shape index (κ2) is 8.44. The molecule has 0 spiro atoms. The maximum absolute atomic E-state index is 14.9. The molecule has 1 saturated carbocycles. The molecule has 2 fully saturated rings. The van der Waals surface area contributed by atoms with E-state index < -0.39 is 46.0 Å². The summed E-state index contributed by atoms with van der Waals surface area (Å²) in [4.78, 5) is 26.8. The number of hydrogen-bond acceptors (Lipinski definition) is 5. The summed E-state index contributed by atoms with van der Waals surface area (Å²) in [6.07, 6.45) is -3.97. The number of aliphatic carboxylic acids is 1. The topological polar surface area (TPSA) is 93.9 Å². The fourth-order valence-corrected chi connectivity index (χ4v) is 4.51. The van der Waals surface area contributed by atoms with Crippen molar-refractivity contribution in [2.45, 2.75) is 38.4 Å². The van der Waals surface area contributed by atoms with Gasteiger partial charge in [0.25, 0.3) is 5.91 Å². The summed E-state index contributed by atoms with van der Waals surface area (Å²) in [6.45, 7) is 2.78. The highest BCUT2D eigenvalue weighted by Crippen LogP contribution is 2.46. The maximum Gasteiger partial charge on any atom is 0.417 e. The SMILES string of the molecule is CC1(C)C(=O)N(c2ccc(C#N)c(C(F)(F)F)c2)C(=S)N1c1ccc(OCC2(C(=O)O)CC2)c(F)c1. The summed E-state index contributed by atoms with van der Waals surface area (Å²) in [6, 6.07) is 8.05. The molecular formula is C24H19F4N3O4S. The lowest BCUT2D eigenvalue weighted by atomic mass is 10.0. The summed E-state index contributed by atoms with van der Waals surface area (Å²) >= 11 is 5.43. The number of carbonyl (C=O) groups excluding carboxylic acids is 1. The highest BCUT2D eigenvalue weighted by molar-refractivity contribution is 7.81. The Morgan fingerprint density at radius 3 is 2.36 bits per heavy atom. The zero-order valence-electron chi connectivity index (χ0n) is 19.0. The van der Waals surface area contributed by atoms with Gasteiger partial charge in [0, 0.05) is 11.8 Å². The Kier molecular flexibility index (Phi) is 5.95. The van der Waals surface area contributed by atoms with Crippen molar-refractivity contribution in [3.05, 3.63) is 53.3 Å². The summed E-state index contributed by atoms with van der Waals surface area (Å²) in [5.74, 6) is -2.67. The third-order valence-corrected chi connectivity index (χ3v) is 6.71. The first kappa shape index (κ1) is 25.4. The molecule has 1 N–H and O–H groups in total. The maximum atomic E-state index is 14.9. The number of nitrogens with zero attached hydrogens (tertiary/aromatic N) is 3. The molecule has 188 valence electrons. The standard InChI is InChI=1S/C24H19F4N3O4S/c1-22(2)19(32)30(14-4-3-13(11-29)16(9-14)24(26,27)28)21(36)31(22)15-5-6-18(17(25)10-15)35-12-23(7-8-23)20(33)34/h3-6,9-10H,7-8,12H2,1-2H3,(H,33,34). The van der Waals surface area contributed by atoms with Crippen LogP contribution in [0.15, 0.2) is 36.4 Å². The first-order valence-electron chi connectivity index (χ1n) is 10.7. The molecule has 2 aromatic carbocycles. The van der Waals surface area contributed by atoms with E-state index in [9.17, 15) is 32.3 Å². The van der Waals surface area contributed by atoms with Gasteiger partial charge in [-0.05, 0) is 69.2 Å². The number of thiocarbonyl (C=S) groups is 1. The molecule has 0 unspecified atom stereocenters. The minimum Gasteiger partial charge on any atom is -0.489 e. The van der Waals surface area contributed by atoms with E-state index in [4.69, 9.17) is 22.2 Å². The molecular weight excluding hydrogens is 502 g/mol. The Labute approximate surface area is 208 Å². The fraction of sp³-hybridized carbons (Fsp3) is 0.333. The molecule has 0 atom stereocenters. The summed E-state index contributed by atoms with van der Waals surface area (Å²) in [7, 11) is 0. The predicted octanol–water partition coefficient (Wildman–Crippen LogP) is 4.88. The van der Waals surface area contributed by atoms with Crippen molar-refractivity contribution in [1.82, 2.24) is 0 Å².